The first-order valence-corrected chi connectivity index (χ1v) is 1.71. The second-order valence-corrected chi connectivity index (χ2v) is 0.781. The summed E-state index contributed by atoms with van der Waals surface area (Å²) in [5, 5.41) is 2.49. The van der Waals surface area contributed by atoms with Crippen LogP contribution in [0.5, 0.6) is 0 Å². The molecule has 9 heavy (non-hydrogen) atoms. The summed E-state index contributed by atoms with van der Waals surface area (Å²) >= 11 is 0. The Morgan fingerprint density at radius 3 is 2.89 bits per heavy atom. The number of rotatable bonds is 2. The van der Waals surface area contributed by atoms with Gasteiger partial charge in [-0.1, -0.05) is 0 Å². The summed E-state index contributed by atoms with van der Waals surface area (Å²) in [5.41, 5.74) is 1.52. The minimum atomic E-state index is -1.06. The van der Waals surface area contributed by atoms with E-state index in [-0.39, 0.29) is 0 Å². The van der Waals surface area contributed by atoms with Gasteiger partial charge in [0.1, 0.15) is 0 Å². The molecule has 3 N–H and O–H groups in total. The maximum absolute atomic E-state index is 9.91. The van der Waals surface area contributed by atoms with E-state index >= 15 is 0 Å². The van der Waals surface area contributed by atoms with Gasteiger partial charge in [-0.3, -0.25) is 4.94 Å². The number of nitrogens with one attached hydrogen (secondary N) is 1. The van der Waals surface area contributed by atoms with Crippen LogP contribution in [0.15, 0.2) is 5.16 Å². The Morgan fingerprint density at radius 2 is 2.44 bits per heavy atom. The predicted octanol–water partition coefficient (Wildman–Crippen LogP) is -1.23. The molecule has 0 rings (SSSR count). The zero-order valence-electron chi connectivity index (χ0n) is 4.16. The Hall–Kier alpha value is -1.59. The molecule has 0 aromatic heterocycles. The number of nitrogens with zero attached hydrogens (tertiary/aromatic N) is 1. The van der Waals surface area contributed by atoms with Crippen molar-refractivity contribution in [2.45, 2.75) is 0 Å². The number of hydroxylamine groups is 1. The molecule has 0 aromatic carbocycles. The molecule has 7 heteroatoms. The smallest absolute Gasteiger partial charge is 0.355 e. The highest BCUT2D eigenvalue weighted by Gasteiger charge is 1.95. The summed E-state index contributed by atoms with van der Waals surface area (Å²) in [5.74, 6) is 4.32. The van der Waals surface area contributed by atoms with Crippen molar-refractivity contribution in [2.24, 2.45) is 11.1 Å². The summed E-state index contributed by atoms with van der Waals surface area (Å²) < 4.78 is 0. The molecule has 0 radical (unpaired) electrons. The summed E-state index contributed by atoms with van der Waals surface area (Å²) in [6, 6.07) is 0. The van der Waals surface area contributed by atoms with Crippen LogP contribution in [-0.4, -0.2) is 12.2 Å². The topological polar surface area (TPSA) is 103 Å². The Morgan fingerprint density at radius 1 is 1.78 bits per heavy atom. The first-order valence-electron chi connectivity index (χ1n) is 1.71. The Labute approximate surface area is 49.3 Å². The Balaban J connectivity index is 3.27. The molecule has 1 amide bonds. The third kappa shape index (κ3) is 4.26. The Bertz CT molecular complexity index is 139. The van der Waals surface area contributed by atoms with Crippen LogP contribution >= 0.6 is 0 Å². The van der Waals surface area contributed by atoms with Crippen LogP contribution in [-0.2, 0) is 14.6 Å². The van der Waals surface area contributed by atoms with Crippen molar-refractivity contribution < 1.29 is 19.4 Å². The van der Waals surface area contributed by atoms with Crippen LogP contribution < -0.4 is 11.4 Å². The van der Waals surface area contributed by atoms with Gasteiger partial charge in [-0.05, 0) is 0 Å². The molecule has 50 valence electrons. The number of hydrogen-bond donors (Lipinski definition) is 2. The van der Waals surface area contributed by atoms with E-state index in [4.69, 9.17) is 0 Å². The predicted molar refractivity (Wildman–Crippen MR) is 23.0 cm³/mol. The molecule has 0 aliphatic heterocycles. The van der Waals surface area contributed by atoms with E-state index in [1.54, 1.807) is 0 Å². The zero-order valence-corrected chi connectivity index (χ0v) is 4.16. The lowest BCUT2D eigenvalue weighted by Gasteiger charge is -1.93. The molecule has 7 nitrogen and oxygen atoms in total. The number of carbonyl (C=O) groups is 1. The fourth-order valence-corrected chi connectivity index (χ4v) is 0.103. The molecule has 0 atom stereocenters. The lowest BCUT2D eigenvalue weighted by atomic mass is 11.3. The molecular weight excluding hydrogens is 130 g/mol. The second kappa shape index (κ2) is 4.57. The molecule has 0 saturated heterocycles. The van der Waals surface area contributed by atoms with Gasteiger partial charge in [0.05, 0.1) is 0 Å². The van der Waals surface area contributed by atoms with Crippen LogP contribution in [0, 0.1) is 0 Å². The molecule has 0 aliphatic rings. The third-order valence-electron chi connectivity index (χ3n) is 0.319. The minimum Gasteiger partial charge on any atom is -0.355 e. The number of hydrogen-bond acceptors (Lipinski definition) is 6. The normalized spacial score (nSPS) is 6.78. The van der Waals surface area contributed by atoms with Crippen LogP contribution in [0.2, 0.25) is 0 Å². The molecule has 0 aromatic rings. The van der Waals surface area contributed by atoms with Crippen LogP contribution in [0.4, 0.5) is 4.79 Å². The van der Waals surface area contributed by atoms with Crippen molar-refractivity contribution in [3.63, 3.8) is 0 Å². The van der Waals surface area contributed by atoms with E-state index in [9.17, 15) is 9.59 Å². The summed E-state index contributed by atoms with van der Waals surface area (Å²) in [6.45, 7) is 0. The molecule has 0 heterocycles. The van der Waals surface area contributed by atoms with E-state index in [0.717, 1.165) is 6.08 Å². The number of isocyanates is 1. The largest absolute Gasteiger partial charge is 0.461 e. The van der Waals surface area contributed by atoms with Crippen molar-refractivity contribution in [2.75, 3.05) is 0 Å². The van der Waals surface area contributed by atoms with Crippen molar-refractivity contribution in [1.82, 2.24) is 5.48 Å². The maximum Gasteiger partial charge on any atom is 0.461 e. The van der Waals surface area contributed by atoms with Gasteiger partial charge in [0.2, 0.25) is 0 Å². The zero-order chi connectivity index (χ0) is 7.11. The van der Waals surface area contributed by atoms with Gasteiger partial charge < -0.3 is 4.84 Å². The molecule has 0 spiro atoms. The van der Waals surface area contributed by atoms with Crippen molar-refractivity contribution in [3.05, 3.63) is 0 Å². The minimum absolute atomic E-state index is 0.989. The van der Waals surface area contributed by atoms with Gasteiger partial charge in [0.15, 0.2) is 0 Å². The monoisotopic (exact) mass is 133 g/mol. The molecule has 0 fully saturated rings. The van der Waals surface area contributed by atoms with Gasteiger partial charge in [0, 0.05) is 5.16 Å². The highest BCUT2D eigenvalue weighted by Crippen LogP contribution is 1.67. The molecular formula is C2H3N3O4. The lowest BCUT2D eigenvalue weighted by molar-refractivity contribution is 0.0313. The number of carbonyl (C=O) groups excluding carboxylic acids is 2. The van der Waals surface area contributed by atoms with E-state index < -0.39 is 6.09 Å². The van der Waals surface area contributed by atoms with Gasteiger partial charge in [-0.15, -0.1) is 5.48 Å². The molecule has 0 bridgehead atoms. The van der Waals surface area contributed by atoms with E-state index in [0.29, 0.717) is 0 Å². The Kier molecular flexibility index (Phi) is 3.76. The van der Waals surface area contributed by atoms with E-state index in [1.807, 2.05) is 0 Å². The molecule has 0 unspecified atom stereocenters. The maximum atomic E-state index is 9.91. The quantitative estimate of drug-likeness (QED) is 0.279. The van der Waals surface area contributed by atoms with Crippen molar-refractivity contribution in [1.29, 1.82) is 0 Å². The van der Waals surface area contributed by atoms with Gasteiger partial charge >= 0.3 is 6.09 Å². The molecule has 0 saturated carbocycles. The van der Waals surface area contributed by atoms with Crippen LogP contribution in [0.25, 0.3) is 0 Å². The summed E-state index contributed by atoms with van der Waals surface area (Å²) in [4.78, 5) is 26.4. The average molecular weight is 133 g/mol. The standard InChI is InChI=1S/C2H3N3O4/c3-8-2(7)5-9-4-1-6/h3H2,(H,5,7). The highest BCUT2D eigenvalue weighted by atomic mass is 16.8. The highest BCUT2D eigenvalue weighted by molar-refractivity contribution is 5.65. The van der Waals surface area contributed by atoms with Crippen LogP contribution in [0.3, 0.4) is 0 Å². The molecule has 0 aliphatic carbocycles. The lowest BCUT2D eigenvalue weighted by Crippen LogP contribution is -2.25. The fourth-order valence-electron chi connectivity index (χ4n) is 0.103. The summed E-state index contributed by atoms with van der Waals surface area (Å²) in [6.07, 6.45) is -0.0723. The van der Waals surface area contributed by atoms with Gasteiger partial charge in [-0.25, -0.2) is 9.59 Å². The van der Waals surface area contributed by atoms with Crippen molar-refractivity contribution in [3.8, 4) is 0 Å². The first kappa shape index (κ1) is 7.41. The van der Waals surface area contributed by atoms with Crippen LogP contribution in [0.1, 0.15) is 0 Å². The SMILES string of the molecule is NOC(=O)NON=C=O. The summed E-state index contributed by atoms with van der Waals surface area (Å²) in [7, 11) is 0. The van der Waals surface area contributed by atoms with Crippen molar-refractivity contribution >= 4 is 12.2 Å². The number of nitrogens with two attached hydrogens (primary N) is 1. The second-order valence-electron chi connectivity index (χ2n) is 0.781. The van der Waals surface area contributed by atoms with E-state index in [1.165, 1.54) is 5.48 Å². The third-order valence-corrected chi connectivity index (χ3v) is 0.319. The number of amides is 1. The first-order chi connectivity index (χ1) is 4.31. The van der Waals surface area contributed by atoms with Gasteiger partial charge in [-0.2, -0.15) is 5.90 Å². The van der Waals surface area contributed by atoms with Gasteiger partial charge in [0.25, 0.3) is 6.08 Å². The average Bonchev–Trinajstić information content (AvgIpc) is 1.89. The van der Waals surface area contributed by atoms with E-state index in [2.05, 4.69) is 20.8 Å². The fraction of sp³-hybridized carbons (Fsp3) is 0.